The molecule has 3 aromatic rings. The summed E-state index contributed by atoms with van der Waals surface area (Å²) in [6.45, 7) is 0. The Kier molecular flexibility index (Phi) is 5.24. The van der Waals surface area contributed by atoms with Gasteiger partial charge in [0.25, 0.3) is 0 Å². The molecule has 0 radical (unpaired) electrons. The number of hydrogen-bond donors (Lipinski definition) is 2. The zero-order chi connectivity index (χ0) is 20.2. The zero-order valence-corrected chi connectivity index (χ0v) is 16.5. The minimum Gasteiger partial charge on any atom is -0.388 e. The quantitative estimate of drug-likeness (QED) is 0.644. The first-order chi connectivity index (χ1) is 14.2. The van der Waals surface area contributed by atoms with E-state index in [1.807, 2.05) is 56.6 Å². The number of pyridine rings is 1. The summed E-state index contributed by atoms with van der Waals surface area (Å²) in [4.78, 5) is 22.3. The van der Waals surface area contributed by atoms with E-state index in [-0.39, 0.29) is 6.04 Å². The standard InChI is InChI=1S/C23H23N5O/c1-24-21-8-4-3-7-19(21)22-17(11-13-29)15-26-23(28(22)2)27-18-9-10-20-16(14-18)6-5-12-25-20/h3-10,12-15,22,24H,11H2,1-2H3,(H,26,27). The second kappa shape index (κ2) is 8.14. The molecule has 6 nitrogen and oxygen atoms in total. The van der Waals surface area contributed by atoms with E-state index in [4.69, 9.17) is 0 Å². The number of nitrogens with zero attached hydrogens (tertiary/aromatic N) is 3. The maximum absolute atomic E-state index is 11.3. The number of likely N-dealkylation sites (N-methyl/N-ethyl adjacent to an activating group) is 1. The normalized spacial score (nSPS) is 16.2. The molecule has 0 amide bonds. The molecule has 0 fully saturated rings. The van der Waals surface area contributed by atoms with E-state index in [9.17, 15) is 4.79 Å². The van der Waals surface area contributed by atoms with Crippen molar-refractivity contribution in [3.63, 3.8) is 0 Å². The number of rotatable bonds is 5. The minimum atomic E-state index is -0.0917. The third-order valence-corrected chi connectivity index (χ3v) is 5.13. The van der Waals surface area contributed by atoms with Crippen LogP contribution in [0.2, 0.25) is 0 Å². The third kappa shape index (κ3) is 3.69. The van der Waals surface area contributed by atoms with Crippen molar-refractivity contribution in [1.82, 2.24) is 9.88 Å². The lowest BCUT2D eigenvalue weighted by Crippen LogP contribution is -2.39. The monoisotopic (exact) mass is 385 g/mol. The Morgan fingerprint density at radius 3 is 2.83 bits per heavy atom. The Labute approximate surface area is 170 Å². The first kappa shape index (κ1) is 18.7. The van der Waals surface area contributed by atoms with Crippen molar-refractivity contribution in [2.75, 3.05) is 24.7 Å². The smallest absolute Gasteiger partial charge is 0.203 e. The van der Waals surface area contributed by atoms with Gasteiger partial charge in [-0.05, 0) is 35.9 Å². The average molecular weight is 385 g/mol. The van der Waals surface area contributed by atoms with Gasteiger partial charge < -0.3 is 20.3 Å². The number of aldehydes is 1. The van der Waals surface area contributed by atoms with Crippen molar-refractivity contribution in [2.24, 2.45) is 4.99 Å². The molecule has 6 heteroatoms. The van der Waals surface area contributed by atoms with Crippen LogP contribution in [0.1, 0.15) is 18.0 Å². The van der Waals surface area contributed by atoms with Crippen LogP contribution in [-0.2, 0) is 4.79 Å². The largest absolute Gasteiger partial charge is 0.388 e. The first-order valence-electron chi connectivity index (χ1n) is 9.53. The topological polar surface area (TPSA) is 69.6 Å². The number of fused-ring (bicyclic) bond motifs is 1. The number of aliphatic imine (C=N–C) groups is 1. The number of carbonyl (C=O) groups is 1. The third-order valence-electron chi connectivity index (χ3n) is 5.13. The van der Waals surface area contributed by atoms with E-state index in [2.05, 4.69) is 37.6 Å². The molecular weight excluding hydrogens is 362 g/mol. The summed E-state index contributed by atoms with van der Waals surface area (Å²) in [5.41, 5.74) is 4.97. The predicted molar refractivity (Wildman–Crippen MR) is 118 cm³/mol. The van der Waals surface area contributed by atoms with Crippen molar-refractivity contribution < 1.29 is 4.79 Å². The van der Waals surface area contributed by atoms with E-state index < -0.39 is 0 Å². The van der Waals surface area contributed by atoms with Crippen LogP contribution >= 0.6 is 0 Å². The summed E-state index contributed by atoms with van der Waals surface area (Å²) < 4.78 is 0. The van der Waals surface area contributed by atoms with Crippen molar-refractivity contribution in [1.29, 1.82) is 0 Å². The van der Waals surface area contributed by atoms with Gasteiger partial charge in [-0.1, -0.05) is 24.3 Å². The first-order valence-corrected chi connectivity index (χ1v) is 9.53. The Hall–Kier alpha value is -3.67. The Bertz CT molecular complexity index is 1110. The lowest BCUT2D eigenvalue weighted by molar-refractivity contribution is -0.107. The van der Waals surface area contributed by atoms with Gasteiger partial charge in [-0.3, -0.25) is 4.98 Å². The molecule has 2 aromatic carbocycles. The highest BCUT2D eigenvalue weighted by molar-refractivity contribution is 5.97. The summed E-state index contributed by atoms with van der Waals surface area (Å²) in [6.07, 6.45) is 4.86. The second-order valence-electron chi connectivity index (χ2n) is 6.91. The van der Waals surface area contributed by atoms with Gasteiger partial charge in [0.1, 0.15) is 6.29 Å². The molecule has 2 heterocycles. The zero-order valence-electron chi connectivity index (χ0n) is 16.5. The number of para-hydroxylation sites is 1. The SMILES string of the molecule is CNc1ccccc1C1C(CC=O)=CN=C(Nc2ccc3ncccc3c2)N1C. The van der Waals surface area contributed by atoms with Gasteiger partial charge in [-0.2, -0.15) is 0 Å². The maximum Gasteiger partial charge on any atom is 0.203 e. The fourth-order valence-corrected chi connectivity index (χ4v) is 3.71. The van der Waals surface area contributed by atoms with Gasteiger partial charge >= 0.3 is 0 Å². The molecule has 0 bridgehead atoms. The van der Waals surface area contributed by atoms with E-state index >= 15 is 0 Å². The number of aromatic nitrogens is 1. The molecule has 2 N–H and O–H groups in total. The van der Waals surface area contributed by atoms with Crippen molar-refractivity contribution in [3.05, 3.63) is 78.1 Å². The van der Waals surface area contributed by atoms with Gasteiger partial charge in [-0.15, -0.1) is 0 Å². The van der Waals surface area contributed by atoms with Gasteiger partial charge in [0.15, 0.2) is 0 Å². The molecule has 1 aliphatic heterocycles. The molecule has 4 rings (SSSR count). The van der Waals surface area contributed by atoms with Gasteiger partial charge in [0.2, 0.25) is 5.96 Å². The summed E-state index contributed by atoms with van der Waals surface area (Å²) in [5, 5.41) is 7.73. The van der Waals surface area contributed by atoms with E-state index in [1.54, 1.807) is 12.4 Å². The Balaban J connectivity index is 1.69. The summed E-state index contributed by atoms with van der Waals surface area (Å²) in [7, 11) is 3.89. The second-order valence-corrected chi connectivity index (χ2v) is 6.91. The van der Waals surface area contributed by atoms with Crippen LogP contribution in [0.15, 0.2) is 77.6 Å². The highest BCUT2D eigenvalue weighted by Crippen LogP contribution is 2.36. The highest BCUT2D eigenvalue weighted by atomic mass is 16.1. The fourth-order valence-electron chi connectivity index (χ4n) is 3.71. The molecular formula is C23H23N5O. The Morgan fingerprint density at radius 2 is 2.00 bits per heavy atom. The van der Waals surface area contributed by atoms with E-state index in [1.165, 1.54) is 0 Å². The number of anilines is 2. The maximum atomic E-state index is 11.3. The van der Waals surface area contributed by atoms with Crippen molar-refractivity contribution in [2.45, 2.75) is 12.5 Å². The van der Waals surface area contributed by atoms with Crippen molar-refractivity contribution >= 4 is 34.5 Å². The minimum absolute atomic E-state index is 0.0917. The van der Waals surface area contributed by atoms with Crippen LogP contribution in [-0.4, -0.2) is 36.2 Å². The molecule has 0 spiro atoms. The lowest BCUT2D eigenvalue weighted by atomic mass is 9.94. The van der Waals surface area contributed by atoms with Crippen LogP contribution in [0.3, 0.4) is 0 Å². The lowest BCUT2D eigenvalue weighted by Gasteiger charge is -2.36. The number of benzene rings is 2. The molecule has 1 unspecified atom stereocenters. The molecule has 1 aliphatic rings. The predicted octanol–water partition coefficient (Wildman–Crippen LogP) is 4.20. The molecule has 1 aromatic heterocycles. The number of carbonyl (C=O) groups excluding carboxylic acids is 1. The number of hydrogen-bond acceptors (Lipinski definition) is 6. The van der Waals surface area contributed by atoms with E-state index in [0.29, 0.717) is 6.42 Å². The van der Waals surface area contributed by atoms with Gasteiger partial charge in [0.05, 0.1) is 11.6 Å². The molecule has 0 saturated heterocycles. The van der Waals surface area contributed by atoms with E-state index in [0.717, 1.165) is 45.7 Å². The van der Waals surface area contributed by atoms with Crippen LogP contribution in [0.5, 0.6) is 0 Å². The summed E-state index contributed by atoms with van der Waals surface area (Å²) in [6, 6.07) is 18.0. The molecule has 1 atom stereocenters. The van der Waals surface area contributed by atoms with Crippen LogP contribution in [0.25, 0.3) is 10.9 Å². The average Bonchev–Trinajstić information content (AvgIpc) is 2.76. The highest BCUT2D eigenvalue weighted by Gasteiger charge is 2.28. The molecule has 146 valence electrons. The summed E-state index contributed by atoms with van der Waals surface area (Å²) >= 11 is 0. The summed E-state index contributed by atoms with van der Waals surface area (Å²) in [5.74, 6) is 0.721. The van der Waals surface area contributed by atoms with Gasteiger partial charge in [0, 0.05) is 55.2 Å². The van der Waals surface area contributed by atoms with Crippen LogP contribution < -0.4 is 10.6 Å². The fraction of sp³-hybridized carbons (Fsp3) is 0.174. The number of guanidine groups is 1. The van der Waals surface area contributed by atoms with Crippen LogP contribution in [0, 0.1) is 0 Å². The number of nitrogens with one attached hydrogen (secondary N) is 2. The van der Waals surface area contributed by atoms with Crippen LogP contribution in [0.4, 0.5) is 11.4 Å². The molecule has 0 aliphatic carbocycles. The van der Waals surface area contributed by atoms with Crippen molar-refractivity contribution in [3.8, 4) is 0 Å². The van der Waals surface area contributed by atoms with Gasteiger partial charge in [-0.25, -0.2) is 4.99 Å². The Morgan fingerprint density at radius 1 is 1.14 bits per heavy atom. The molecule has 0 saturated carbocycles. The molecule has 29 heavy (non-hydrogen) atoms.